The Kier molecular flexibility index (Phi) is 2.57. The highest BCUT2D eigenvalue weighted by molar-refractivity contribution is 6.29. The van der Waals surface area contributed by atoms with Crippen molar-refractivity contribution in [1.82, 2.24) is 9.97 Å². The third kappa shape index (κ3) is 1.69. The van der Waals surface area contributed by atoms with Gasteiger partial charge in [0.05, 0.1) is 11.4 Å². The van der Waals surface area contributed by atoms with Crippen molar-refractivity contribution in [2.24, 2.45) is 0 Å². The molecule has 1 rings (SSSR count). The van der Waals surface area contributed by atoms with Gasteiger partial charge in [0, 0.05) is 0 Å². The molecule has 12 heavy (non-hydrogen) atoms. The number of rotatable bonds is 1. The van der Waals surface area contributed by atoms with Gasteiger partial charge in [-0.1, -0.05) is 11.6 Å². The van der Waals surface area contributed by atoms with Crippen LogP contribution in [0.5, 0.6) is 0 Å². The topological polar surface area (TPSA) is 25.8 Å². The van der Waals surface area contributed by atoms with Gasteiger partial charge < -0.3 is 0 Å². The Balaban J connectivity index is 3.23. The fourth-order valence-electron chi connectivity index (χ4n) is 0.800. The van der Waals surface area contributed by atoms with Crippen LogP contribution in [-0.4, -0.2) is 9.97 Å². The lowest BCUT2D eigenvalue weighted by Gasteiger charge is -2.04. The van der Waals surface area contributed by atoms with E-state index in [4.69, 9.17) is 11.6 Å². The molecular weight excluding hydrogens is 186 g/mol. The molecule has 0 aromatic carbocycles. The van der Waals surface area contributed by atoms with Crippen molar-refractivity contribution < 1.29 is 8.78 Å². The second-order valence-electron chi connectivity index (χ2n) is 2.37. The Labute approximate surface area is 73.6 Å². The molecule has 0 spiro atoms. The van der Waals surface area contributed by atoms with Crippen molar-refractivity contribution >= 4 is 11.6 Å². The summed E-state index contributed by atoms with van der Waals surface area (Å²) in [5.41, 5.74) is 0.218. The van der Waals surface area contributed by atoms with Crippen LogP contribution < -0.4 is 0 Å². The van der Waals surface area contributed by atoms with Gasteiger partial charge in [-0.25, -0.2) is 18.7 Å². The predicted octanol–water partition coefficient (Wildman–Crippen LogP) is 2.68. The average molecular weight is 193 g/mol. The van der Waals surface area contributed by atoms with Gasteiger partial charge in [-0.05, 0) is 13.8 Å². The smallest absolute Gasteiger partial charge is 0.247 e. The third-order valence-electron chi connectivity index (χ3n) is 1.43. The minimum atomic E-state index is -2.59. The van der Waals surface area contributed by atoms with E-state index in [1.54, 1.807) is 6.92 Å². The minimum Gasteiger partial charge on any atom is -0.247 e. The van der Waals surface area contributed by atoms with Crippen LogP contribution in [0.3, 0.4) is 0 Å². The number of aromatic nitrogens is 2. The van der Waals surface area contributed by atoms with Crippen LogP contribution in [0, 0.1) is 13.8 Å². The van der Waals surface area contributed by atoms with Gasteiger partial charge >= 0.3 is 0 Å². The second-order valence-corrected chi connectivity index (χ2v) is 2.73. The van der Waals surface area contributed by atoms with Crippen LogP contribution in [0.4, 0.5) is 8.78 Å². The van der Waals surface area contributed by atoms with Crippen LogP contribution >= 0.6 is 11.6 Å². The first-order valence-corrected chi connectivity index (χ1v) is 3.69. The van der Waals surface area contributed by atoms with Crippen LogP contribution in [0.2, 0.25) is 5.15 Å². The quantitative estimate of drug-likeness (QED) is 0.684. The Morgan fingerprint density at radius 1 is 1.17 bits per heavy atom. The van der Waals surface area contributed by atoms with Gasteiger partial charge in [0.25, 0.3) is 6.43 Å². The summed E-state index contributed by atoms with van der Waals surface area (Å²) >= 11 is 5.57. The largest absolute Gasteiger partial charge is 0.282 e. The zero-order valence-corrected chi connectivity index (χ0v) is 7.36. The summed E-state index contributed by atoms with van der Waals surface area (Å²) in [6.07, 6.45) is -2.59. The summed E-state index contributed by atoms with van der Waals surface area (Å²) in [6, 6.07) is 0. The van der Waals surface area contributed by atoms with Crippen molar-refractivity contribution in [2.45, 2.75) is 20.3 Å². The first kappa shape index (κ1) is 9.32. The maximum absolute atomic E-state index is 12.2. The summed E-state index contributed by atoms with van der Waals surface area (Å²) in [5.74, 6) is 0. The van der Waals surface area contributed by atoms with E-state index in [0.29, 0.717) is 5.69 Å². The molecule has 66 valence electrons. The normalized spacial score (nSPS) is 10.8. The van der Waals surface area contributed by atoms with Crippen LogP contribution in [-0.2, 0) is 0 Å². The zero-order valence-electron chi connectivity index (χ0n) is 6.61. The zero-order chi connectivity index (χ0) is 9.30. The molecule has 0 amide bonds. The molecule has 5 heteroatoms. The van der Waals surface area contributed by atoms with Crippen LogP contribution in [0.15, 0.2) is 0 Å². The predicted molar refractivity (Wildman–Crippen MR) is 41.5 cm³/mol. The molecule has 0 saturated heterocycles. The molecule has 0 atom stereocenters. The lowest BCUT2D eigenvalue weighted by Crippen LogP contribution is -2.00. The molecular formula is C7H7ClF2N2. The Bertz CT molecular complexity index is 302. The fraction of sp³-hybridized carbons (Fsp3) is 0.429. The molecule has 0 N–H and O–H groups in total. The van der Waals surface area contributed by atoms with Crippen molar-refractivity contribution in [3.8, 4) is 0 Å². The van der Waals surface area contributed by atoms with Crippen molar-refractivity contribution in [3.05, 3.63) is 22.2 Å². The summed E-state index contributed by atoms with van der Waals surface area (Å²) in [7, 11) is 0. The van der Waals surface area contributed by atoms with Crippen LogP contribution in [0.1, 0.15) is 23.5 Å². The first-order chi connectivity index (χ1) is 5.52. The molecule has 0 fully saturated rings. The van der Waals surface area contributed by atoms with E-state index in [2.05, 4.69) is 9.97 Å². The number of nitrogens with zero attached hydrogens (tertiary/aromatic N) is 2. The molecule has 0 aliphatic heterocycles. The summed E-state index contributed by atoms with van der Waals surface area (Å²) in [5, 5.41) is 0.178. The van der Waals surface area contributed by atoms with Gasteiger partial charge in [-0.2, -0.15) is 0 Å². The summed E-state index contributed by atoms with van der Waals surface area (Å²) in [4.78, 5) is 7.34. The number of aryl methyl sites for hydroxylation is 2. The SMILES string of the molecule is Cc1nc(C(F)F)c(C)nc1Cl. The molecule has 0 bridgehead atoms. The number of alkyl halides is 2. The second kappa shape index (κ2) is 3.31. The van der Waals surface area contributed by atoms with Gasteiger partial charge in [-0.3, -0.25) is 0 Å². The molecule has 0 aliphatic rings. The van der Waals surface area contributed by atoms with E-state index in [1.807, 2.05) is 0 Å². The number of hydrogen-bond donors (Lipinski definition) is 0. The highest BCUT2D eigenvalue weighted by Gasteiger charge is 2.15. The summed E-state index contributed by atoms with van der Waals surface area (Å²) < 4.78 is 24.4. The maximum Gasteiger partial charge on any atom is 0.282 e. The Morgan fingerprint density at radius 3 is 2.25 bits per heavy atom. The molecule has 1 aromatic heterocycles. The van der Waals surface area contributed by atoms with Crippen molar-refractivity contribution in [2.75, 3.05) is 0 Å². The monoisotopic (exact) mass is 192 g/mol. The molecule has 0 saturated carbocycles. The number of halogens is 3. The standard InChI is InChI=1S/C7H7ClF2N2/c1-3-5(7(9)10)11-4(2)6(8)12-3/h7H,1-2H3. The Morgan fingerprint density at radius 2 is 1.75 bits per heavy atom. The molecule has 0 aliphatic carbocycles. The highest BCUT2D eigenvalue weighted by atomic mass is 35.5. The van der Waals surface area contributed by atoms with Gasteiger partial charge in [0.2, 0.25) is 0 Å². The van der Waals surface area contributed by atoms with E-state index in [-0.39, 0.29) is 16.5 Å². The lowest BCUT2D eigenvalue weighted by molar-refractivity contribution is 0.144. The van der Waals surface area contributed by atoms with E-state index in [1.165, 1.54) is 6.92 Å². The molecule has 1 heterocycles. The van der Waals surface area contributed by atoms with E-state index < -0.39 is 6.43 Å². The molecule has 0 radical (unpaired) electrons. The molecule has 0 unspecified atom stereocenters. The molecule has 2 nitrogen and oxygen atoms in total. The third-order valence-corrected chi connectivity index (χ3v) is 1.79. The average Bonchev–Trinajstić information content (AvgIpc) is 1.96. The first-order valence-electron chi connectivity index (χ1n) is 3.31. The van der Waals surface area contributed by atoms with Crippen molar-refractivity contribution in [1.29, 1.82) is 0 Å². The fourth-order valence-corrected chi connectivity index (χ4v) is 0.969. The van der Waals surface area contributed by atoms with Gasteiger partial charge in [-0.15, -0.1) is 0 Å². The van der Waals surface area contributed by atoms with E-state index in [9.17, 15) is 8.78 Å². The van der Waals surface area contributed by atoms with E-state index >= 15 is 0 Å². The Hall–Kier alpha value is -0.770. The summed E-state index contributed by atoms with van der Waals surface area (Å²) in [6.45, 7) is 3.00. The highest BCUT2D eigenvalue weighted by Crippen LogP contribution is 2.21. The van der Waals surface area contributed by atoms with Crippen LogP contribution in [0.25, 0.3) is 0 Å². The van der Waals surface area contributed by atoms with Gasteiger partial charge in [0.1, 0.15) is 5.69 Å². The number of hydrogen-bond acceptors (Lipinski definition) is 2. The van der Waals surface area contributed by atoms with Crippen molar-refractivity contribution in [3.63, 3.8) is 0 Å². The molecule has 1 aromatic rings. The van der Waals surface area contributed by atoms with E-state index in [0.717, 1.165) is 0 Å². The van der Waals surface area contributed by atoms with Gasteiger partial charge in [0.15, 0.2) is 5.15 Å². The minimum absolute atomic E-state index is 0.178. The lowest BCUT2D eigenvalue weighted by atomic mass is 10.3. The maximum atomic E-state index is 12.2.